The maximum absolute atomic E-state index is 13.3. The first kappa shape index (κ1) is 17.8. The van der Waals surface area contributed by atoms with E-state index in [0.717, 1.165) is 19.4 Å². The lowest BCUT2D eigenvalue weighted by Gasteiger charge is -2.26. The van der Waals surface area contributed by atoms with Crippen LogP contribution in [0.1, 0.15) is 44.7 Å². The van der Waals surface area contributed by atoms with Crippen molar-refractivity contribution in [1.82, 2.24) is 5.32 Å². The van der Waals surface area contributed by atoms with Gasteiger partial charge in [-0.05, 0) is 44.0 Å². The van der Waals surface area contributed by atoms with Crippen molar-refractivity contribution in [1.29, 1.82) is 0 Å². The molecule has 0 amide bonds. The first-order valence-corrected chi connectivity index (χ1v) is 7.59. The smallest absolute Gasteiger partial charge is 0.371 e. The standard InChI is InChI=1S/C16H25F3N2/c1-4-9-20-12-13-7-8-15(21(6-3)10-5-2)14(11-13)16(17,18)19/h7-8,11,20H,4-6,9-10,12H2,1-3H3. The van der Waals surface area contributed by atoms with Gasteiger partial charge in [-0.1, -0.05) is 19.9 Å². The van der Waals surface area contributed by atoms with E-state index in [2.05, 4.69) is 5.32 Å². The molecule has 0 bridgehead atoms. The minimum atomic E-state index is -4.32. The largest absolute Gasteiger partial charge is 0.418 e. The van der Waals surface area contributed by atoms with Gasteiger partial charge in [-0.3, -0.25) is 0 Å². The van der Waals surface area contributed by atoms with Crippen LogP contribution in [0.3, 0.4) is 0 Å². The molecule has 0 radical (unpaired) electrons. The zero-order valence-electron chi connectivity index (χ0n) is 13.1. The second-order valence-corrected chi connectivity index (χ2v) is 5.11. The van der Waals surface area contributed by atoms with Gasteiger partial charge in [0.05, 0.1) is 5.56 Å². The Bertz CT molecular complexity index is 430. The van der Waals surface area contributed by atoms with E-state index >= 15 is 0 Å². The molecule has 0 saturated heterocycles. The van der Waals surface area contributed by atoms with Crippen LogP contribution in [0, 0.1) is 0 Å². The molecule has 120 valence electrons. The molecule has 0 spiro atoms. The Morgan fingerprint density at radius 2 is 1.81 bits per heavy atom. The number of hydrogen-bond acceptors (Lipinski definition) is 2. The van der Waals surface area contributed by atoms with E-state index < -0.39 is 11.7 Å². The molecule has 0 unspecified atom stereocenters. The highest BCUT2D eigenvalue weighted by Crippen LogP contribution is 2.37. The Morgan fingerprint density at radius 3 is 2.33 bits per heavy atom. The van der Waals surface area contributed by atoms with Crippen molar-refractivity contribution in [2.45, 2.75) is 46.3 Å². The summed E-state index contributed by atoms with van der Waals surface area (Å²) in [6, 6.07) is 4.66. The second kappa shape index (κ2) is 8.27. The van der Waals surface area contributed by atoms with Crippen molar-refractivity contribution in [2.24, 2.45) is 0 Å². The highest BCUT2D eigenvalue weighted by Gasteiger charge is 2.34. The van der Waals surface area contributed by atoms with Gasteiger partial charge in [0.2, 0.25) is 0 Å². The Morgan fingerprint density at radius 1 is 1.10 bits per heavy atom. The number of alkyl halides is 3. The van der Waals surface area contributed by atoms with E-state index in [4.69, 9.17) is 0 Å². The summed E-state index contributed by atoms with van der Waals surface area (Å²) in [4.78, 5) is 1.78. The van der Waals surface area contributed by atoms with Gasteiger partial charge < -0.3 is 10.2 Å². The van der Waals surface area contributed by atoms with Crippen molar-refractivity contribution in [3.8, 4) is 0 Å². The predicted octanol–water partition coefficient (Wildman–Crippen LogP) is 4.44. The summed E-state index contributed by atoms with van der Waals surface area (Å²) in [5.41, 5.74) is 0.423. The second-order valence-electron chi connectivity index (χ2n) is 5.11. The third-order valence-electron chi connectivity index (χ3n) is 3.34. The summed E-state index contributed by atoms with van der Waals surface area (Å²) in [5, 5.41) is 3.14. The average Bonchev–Trinajstić information content (AvgIpc) is 2.44. The van der Waals surface area contributed by atoms with Gasteiger partial charge in [-0.25, -0.2) is 0 Å². The Hall–Kier alpha value is -1.23. The molecule has 0 fully saturated rings. The van der Waals surface area contributed by atoms with Crippen LogP contribution in [0.5, 0.6) is 0 Å². The van der Waals surface area contributed by atoms with Gasteiger partial charge in [-0.15, -0.1) is 0 Å². The molecule has 0 aliphatic rings. The number of nitrogens with one attached hydrogen (secondary N) is 1. The number of halogens is 3. The zero-order chi connectivity index (χ0) is 15.9. The first-order chi connectivity index (χ1) is 9.93. The monoisotopic (exact) mass is 302 g/mol. The summed E-state index contributed by atoms with van der Waals surface area (Å²) < 4.78 is 39.9. The molecule has 0 atom stereocenters. The summed E-state index contributed by atoms with van der Waals surface area (Å²) in [7, 11) is 0. The fraction of sp³-hybridized carbons (Fsp3) is 0.625. The Kier molecular flexibility index (Phi) is 7.02. The minimum absolute atomic E-state index is 0.283. The highest BCUT2D eigenvalue weighted by atomic mass is 19.4. The lowest BCUT2D eigenvalue weighted by atomic mass is 10.1. The Balaban J connectivity index is 3.07. The molecule has 2 nitrogen and oxygen atoms in total. The van der Waals surface area contributed by atoms with Crippen molar-refractivity contribution in [3.05, 3.63) is 29.3 Å². The number of benzene rings is 1. The molecule has 1 N–H and O–H groups in total. The molecule has 0 aromatic heterocycles. The van der Waals surface area contributed by atoms with Gasteiger partial charge in [0.25, 0.3) is 0 Å². The van der Waals surface area contributed by atoms with Crippen LogP contribution >= 0.6 is 0 Å². The van der Waals surface area contributed by atoms with Crippen LogP contribution in [0.4, 0.5) is 18.9 Å². The first-order valence-electron chi connectivity index (χ1n) is 7.59. The molecule has 0 aliphatic heterocycles. The zero-order valence-corrected chi connectivity index (χ0v) is 13.1. The SMILES string of the molecule is CCCNCc1ccc(N(CC)CCC)c(C(F)(F)F)c1. The predicted molar refractivity (Wildman–Crippen MR) is 81.6 cm³/mol. The highest BCUT2D eigenvalue weighted by molar-refractivity contribution is 5.56. The number of rotatable bonds is 8. The molecule has 0 saturated carbocycles. The molecule has 0 aliphatic carbocycles. The quantitative estimate of drug-likeness (QED) is 0.714. The maximum atomic E-state index is 13.3. The van der Waals surface area contributed by atoms with Gasteiger partial charge in [0.1, 0.15) is 0 Å². The molecule has 0 heterocycles. The molecular weight excluding hydrogens is 277 g/mol. The van der Waals surface area contributed by atoms with Crippen molar-refractivity contribution < 1.29 is 13.2 Å². The van der Waals surface area contributed by atoms with Crippen LogP contribution in [0.2, 0.25) is 0 Å². The van der Waals surface area contributed by atoms with Gasteiger partial charge >= 0.3 is 6.18 Å². The van der Waals surface area contributed by atoms with E-state index in [9.17, 15) is 13.2 Å². The third-order valence-corrected chi connectivity index (χ3v) is 3.34. The van der Waals surface area contributed by atoms with Gasteiger partial charge in [-0.2, -0.15) is 13.2 Å². The molecule has 5 heteroatoms. The van der Waals surface area contributed by atoms with Crippen LogP contribution < -0.4 is 10.2 Å². The summed E-state index contributed by atoms with van der Waals surface area (Å²) in [6.45, 7) is 8.36. The molecule has 1 rings (SSSR count). The number of anilines is 1. The van der Waals surface area contributed by atoms with Crippen LogP contribution in [0.15, 0.2) is 18.2 Å². The fourth-order valence-electron chi connectivity index (χ4n) is 2.32. The van der Waals surface area contributed by atoms with E-state index in [-0.39, 0.29) is 5.69 Å². The average molecular weight is 302 g/mol. The Labute approximate surface area is 125 Å². The van der Waals surface area contributed by atoms with Crippen molar-refractivity contribution in [3.63, 3.8) is 0 Å². The van der Waals surface area contributed by atoms with Gasteiger partial charge in [0, 0.05) is 25.3 Å². The summed E-state index contributed by atoms with van der Waals surface area (Å²) in [5.74, 6) is 0. The lowest BCUT2D eigenvalue weighted by molar-refractivity contribution is -0.137. The van der Waals surface area contributed by atoms with Crippen LogP contribution in [-0.2, 0) is 12.7 Å². The van der Waals surface area contributed by atoms with E-state index in [0.29, 0.717) is 25.2 Å². The molecule has 1 aromatic rings. The van der Waals surface area contributed by atoms with Crippen LogP contribution in [0.25, 0.3) is 0 Å². The summed E-state index contributed by atoms with van der Waals surface area (Å²) >= 11 is 0. The molecule has 1 aromatic carbocycles. The summed E-state index contributed by atoms with van der Waals surface area (Å²) in [6.07, 6.45) is -2.54. The third kappa shape index (κ3) is 5.23. The maximum Gasteiger partial charge on any atom is 0.418 e. The normalized spacial score (nSPS) is 11.7. The van der Waals surface area contributed by atoms with Crippen molar-refractivity contribution >= 4 is 5.69 Å². The topological polar surface area (TPSA) is 15.3 Å². The lowest BCUT2D eigenvalue weighted by Crippen LogP contribution is -2.26. The number of hydrogen-bond donors (Lipinski definition) is 1. The fourth-order valence-corrected chi connectivity index (χ4v) is 2.32. The van der Waals surface area contributed by atoms with Crippen molar-refractivity contribution in [2.75, 3.05) is 24.5 Å². The molecule has 21 heavy (non-hydrogen) atoms. The van der Waals surface area contributed by atoms with Gasteiger partial charge in [0.15, 0.2) is 0 Å². The van der Waals surface area contributed by atoms with E-state index in [1.165, 1.54) is 6.07 Å². The van der Waals surface area contributed by atoms with E-state index in [1.807, 2.05) is 20.8 Å². The van der Waals surface area contributed by atoms with E-state index in [1.54, 1.807) is 17.0 Å². The number of nitrogens with zero attached hydrogens (tertiary/aromatic N) is 1. The minimum Gasteiger partial charge on any atom is -0.371 e. The van der Waals surface area contributed by atoms with Crippen LogP contribution in [-0.4, -0.2) is 19.6 Å². The molecular formula is C16H25F3N2.